The Morgan fingerprint density at radius 2 is 1.48 bits per heavy atom. The van der Waals surface area contributed by atoms with E-state index in [0.29, 0.717) is 27.9 Å². The Morgan fingerprint density at radius 1 is 0.815 bits per heavy atom. The average Bonchev–Trinajstić information content (AvgIpc) is 4.29. The molecule has 1 unspecified atom stereocenters. The number of benzene rings is 2. The van der Waals surface area contributed by atoms with Crippen molar-refractivity contribution >= 4 is 93.2 Å². The van der Waals surface area contributed by atoms with Crippen LogP contribution in [0.5, 0.6) is 0 Å². The smallest absolute Gasteiger partial charge is 0.247 e. The summed E-state index contributed by atoms with van der Waals surface area (Å²) in [6.45, 7) is 10.3. The van der Waals surface area contributed by atoms with Crippen molar-refractivity contribution in [3.63, 3.8) is 0 Å². The van der Waals surface area contributed by atoms with E-state index in [1.807, 2.05) is 48.9 Å². The van der Waals surface area contributed by atoms with Gasteiger partial charge in [0, 0.05) is 51.8 Å². The van der Waals surface area contributed by atoms with Gasteiger partial charge in [0.05, 0.1) is 31.3 Å². The Hall–Kier alpha value is -7.87. The third-order valence-corrected chi connectivity index (χ3v) is 16.8. The predicted octanol–water partition coefficient (Wildman–Crippen LogP) is 2.17. The minimum atomic E-state index is -1.66. The topological polar surface area (TPSA) is 330 Å². The van der Waals surface area contributed by atoms with Crippen LogP contribution < -0.4 is 43.0 Å². The van der Waals surface area contributed by atoms with Crippen molar-refractivity contribution < 1.29 is 48.3 Å². The molecular formula is C55H64ClN13O10S2. The summed E-state index contributed by atoms with van der Waals surface area (Å²) in [5, 5.41) is 41.1. The van der Waals surface area contributed by atoms with Gasteiger partial charge in [-0.1, -0.05) is 68.8 Å². The van der Waals surface area contributed by atoms with Crippen molar-refractivity contribution in [3.05, 3.63) is 109 Å². The molecule has 3 aliphatic rings. The van der Waals surface area contributed by atoms with E-state index in [4.69, 9.17) is 22.3 Å². The monoisotopic (exact) mass is 1170 g/mol. The summed E-state index contributed by atoms with van der Waals surface area (Å²) >= 11 is 9.33. The van der Waals surface area contributed by atoms with Crippen LogP contribution in [0.3, 0.4) is 0 Å². The van der Waals surface area contributed by atoms with Crippen LogP contribution in [0.4, 0.5) is 0 Å². The lowest BCUT2D eigenvalue weighted by Crippen LogP contribution is -2.59. The van der Waals surface area contributed by atoms with E-state index in [-0.39, 0.29) is 25.8 Å². The van der Waals surface area contributed by atoms with E-state index in [1.165, 1.54) is 22.7 Å². The number of aliphatic imine (C=N–C) groups is 1. The molecule has 2 fully saturated rings. The molecule has 6 heterocycles. The molecule has 0 radical (unpaired) electrons. The largest absolute Gasteiger partial charge is 0.391 e. The van der Waals surface area contributed by atoms with E-state index < -0.39 is 127 Å². The molecular weight excluding hydrogens is 1100 g/mol. The molecule has 26 heteroatoms. The fraction of sp³-hybridized carbons (Fsp3) is 0.418. The SMILES string of the molecule is Cc1ccsc1-c1ccc([C@H]2NC(=O)[C@@H]3C[C@@H](O)CN3C(=O)C(C(C)(C)C)NC(=O)CNC(=O)[C@H](CCC(N)=O)NC(=O)[C@@H](CNC(=O)C[C@@H]3N=C(c4ccc(Cl)cc4)c4c(sc(C)c4C)-n4c(C)nnc43)NC(=O)CNC2=O)cc1. The number of nitrogens with zero attached hydrogens (tertiary/aromatic N) is 5. The van der Waals surface area contributed by atoms with Gasteiger partial charge < -0.3 is 53.0 Å². The Balaban J connectivity index is 1.10. The number of aromatic nitrogens is 3. The number of nitrogens with two attached hydrogens (primary N) is 1. The van der Waals surface area contributed by atoms with Crippen LogP contribution >= 0.6 is 34.3 Å². The summed E-state index contributed by atoms with van der Waals surface area (Å²) in [5.41, 5.74) is 9.72. The molecule has 9 amide bonds. The fourth-order valence-electron chi connectivity index (χ4n) is 9.81. The molecule has 2 saturated heterocycles. The molecule has 81 heavy (non-hydrogen) atoms. The van der Waals surface area contributed by atoms with Gasteiger partial charge in [0.25, 0.3) is 0 Å². The molecule has 0 bridgehead atoms. The number of fused-ring (bicyclic) bond motifs is 4. The first-order valence-electron chi connectivity index (χ1n) is 26.2. The molecule has 3 aromatic heterocycles. The van der Waals surface area contributed by atoms with Gasteiger partial charge in [0.1, 0.15) is 47.1 Å². The van der Waals surface area contributed by atoms with Crippen molar-refractivity contribution in [2.24, 2.45) is 16.1 Å². The number of amides is 9. The number of hydrogen-bond donors (Lipinski definition) is 9. The van der Waals surface area contributed by atoms with Gasteiger partial charge in [0.2, 0.25) is 53.2 Å². The number of thiophene rings is 2. The average molecular weight is 1170 g/mol. The number of hydrogen-bond acceptors (Lipinski definition) is 15. The molecule has 23 nitrogen and oxygen atoms in total. The third kappa shape index (κ3) is 13.7. The highest BCUT2D eigenvalue weighted by Crippen LogP contribution is 2.40. The van der Waals surface area contributed by atoms with Gasteiger partial charge in [-0.3, -0.25) is 52.7 Å². The summed E-state index contributed by atoms with van der Waals surface area (Å²) < 4.78 is 1.86. The second-order valence-electron chi connectivity index (χ2n) is 21.3. The van der Waals surface area contributed by atoms with Gasteiger partial charge in [-0.15, -0.1) is 32.9 Å². The molecule has 8 rings (SSSR count). The number of aryl methyl sites for hydroxylation is 3. The van der Waals surface area contributed by atoms with Crippen molar-refractivity contribution in [2.75, 3.05) is 26.2 Å². The maximum atomic E-state index is 14.5. The van der Waals surface area contributed by atoms with Gasteiger partial charge >= 0.3 is 0 Å². The van der Waals surface area contributed by atoms with Crippen LogP contribution in [0, 0.1) is 33.1 Å². The minimum Gasteiger partial charge on any atom is -0.391 e. The Bertz CT molecular complexity index is 3310. The number of carbonyl (C=O) groups is 9. The zero-order chi connectivity index (χ0) is 58.6. The van der Waals surface area contributed by atoms with E-state index in [1.54, 1.807) is 64.1 Å². The van der Waals surface area contributed by atoms with E-state index in [0.717, 1.165) is 47.5 Å². The molecule has 2 aromatic carbocycles. The number of aliphatic hydroxyl groups excluding tert-OH is 1. The highest BCUT2D eigenvalue weighted by atomic mass is 35.5. The first-order valence-corrected chi connectivity index (χ1v) is 28.2. The number of primary amides is 1. The number of carbonyl (C=O) groups excluding carboxylic acids is 9. The quantitative estimate of drug-likeness (QED) is 0.0972. The second kappa shape index (κ2) is 24.9. The summed E-state index contributed by atoms with van der Waals surface area (Å²) in [6, 6.07) is 7.65. The van der Waals surface area contributed by atoms with Crippen LogP contribution in [0.25, 0.3) is 15.4 Å². The maximum absolute atomic E-state index is 14.5. The number of halogens is 1. The summed E-state index contributed by atoms with van der Waals surface area (Å²) in [6.07, 6.45) is -2.48. The van der Waals surface area contributed by atoms with E-state index in [9.17, 15) is 48.3 Å². The number of aliphatic hydroxyl groups is 1. The lowest BCUT2D eigenvalue weighted by Gasteiger charge is -2.35. The summed E-state index contributed by atoms with van der Waals surface area (Å²) in [4.78, 5) is 134. The normalized spacial score (nSPS) is 22.5. The molecule has 0 saturated carbocycles. The first-order chi connectivity index (χ1) is 38.4. The fourth-order valence-corrected chi connectivity index (χ4v) is 12.1. The molecule has 0 aliphatic carbocycles. The van der Waals surface area contributed by atoms with Crippen LogP contribution in [0.1, 0.15) is 103 Å². The number of rotatable bonds is 10. The maximum Gasteiger partial charge on any atom is 0.247 e. The zero-order valence-electron chi connectivity index (χ0n) is 45.6. The molecule has 428 valence electrons. The Labute approximate surface area is 479 Å². The molecule has 7 atom stereocenters. The van der Waals surface area contributed by atoms with Gasteiger partial charge in [0.15, 0.2) is 5.82 Å². The van der Waals surface area contributed by atoms with Gasteiger partial charge in [-0.25, -0.2) is 0 Å². The van der Waals surface area contributed by atoms with Crippen molar-refractivity contribution in [1.29, 1.82) is 0 Å². The van der Waals surface area contributed by atoms with Crippen LogP contribution in [0.15, 0.2) is 65.0 Å². The van der Waals surface area contributed by atoms with Gasteiger partial charge in [-0.2, -0.15) is 0 Å². The molecule has 0 spiro atoms. The molecule has 10 N–H and O–H groups in total. The Morgan fingerprint density at radius 3 is 2.14 bits per heavy atom. The van der Waals surface area contributed by atoms with Crippen molar-refractivity contribution in [2.45, 2.75) is 117 Å². The molecule has 5 aromatic rings. The highest BCUT2D eigenvalue weighted by molar-refractivity contribution is 7.15. The third-order valence-electron chi connectivity index (χ3n) is 14.2. The van der Waals surface area contributed by atoms with Crippen LogP contribution in [-0.4, -0.2) is 140 Å². The first kappa shape index (κ1) is 59.3. The van der Waals surface area contributed by atoms with Crippen molar-refractivity contribution in [1.82, 2.24) is 56.9 Å². The van der Waals surface area contributed by atoms with Crippen LogP contribution in [0.2, 0.25) is 5.02 Å². The van der Waals surface area contributed by atoms with E-state index in [2.05, 4.69) is 47.4 Å². The summed E-state index contributed by atoms with van der Waals surface area (Å²) in [7, 11) is 0. The van der Waals surface area contributed by atoms with Crippen LogP contribution in [-0.2, 0) is 43.2 Å². The van der Waals surface area contributed by atoms with E-state index >= 15 is 0 Å². The highest BCUT2D eigenvalue weighted by Gasteiger charge is 2.46. The standard InChI is InChI=1S/C55H64ClN13O10S2/c1-26-18-19-80-46(26)32-10-8-31(9-11-32)45-52(78)60-23-41(73)61-37(22-58-40(72)21-36-48-67-66-29(4)69(48)54-43(27(2)28(3)81-54)44(62-36)30-12-14-33(56)15-13-30)50(76)63-35(16-17-39(57)71)49(75)59-24-42(74)64-47(55(5,6)7)53(79)68-25-34(70)20-38(68)51(77)65-45/h8-15,18-19,34-38,45,47,70H,16-17,20-25H2,1-7H3,(H2,57,71)(H,58,72)(H,59,75)(H,60,78)(H,61,73)(H,63,76)(H,64,74)(H,65,77)/t34-,35+,36+,37-,38+,45-,47?/m1/s1. The lowest BCUT2D eigenvalue weighted by atomic mass is 9.85. The molecule has 3 aliphatic heterocycles. The number of nitrogens with one attached hydrogen (secondary N) is 7. The minimum absolute atomic E-state index is 0.216. The predicted molar refractivity (Wildman–Crippen MR) is 302 cm³/mol. The lowest BCUT2D eigenvalue weighted by molar-refractivity contribution is -0.144. The summed E-state index contributed by atoms with van der Waals surface area (Å²) in [5.74, 6) is -6.74. The zero-order valence-corrected chi connectivity index (χ0v) is 48.0. The Kier molecular flexibility index (Phi) is 18.2. The van der Waals surface area contributed by atoms with Gasteiger partial charge in [-0.05, 0) is 85.4 Å². The second-order valence-corrected chi connectivity index (χ2v) is 23.8. The van der Waals surface area contributed by atoms with Crippen molar-refractivity contribution in [3.8, 4) is 15.4 Å².